The van der Waals surface area contributed by atoms with Crippen molar-refractivity contribution >= 4 is 32.6 Å². The molecule has 30 heavy (non-hydrogen) atoms. The summed E-state index contributed by atoms with van der Waals surface area (Å²) in [6.45, 7) is 4.77. The summed E-state index contributed by atoms with van der Waals surface area (Å²) < 4.78 is 11.8. The van der Waals surface area contributed by atoms with E-state index in [0.717, 1.165) is 60.4 Å². The van der Waals surface area contributed by atoms with Gasteiger partial charge in [-0.25, -0.2) is 4.98 Å². The summed E-state index contributed by atoms with van der Waals surface area (Å²) in [5.41, 5.74) is 2.07. The van der Waals surface area contributed by atoms with E-state index in [2.05, 4.69) is 17.0 Å². The van der Waals surface area contributed by atoms with Crippen molar-refractivity contribution in [2.24, 2.45) is 0 Å². The molecule has 1 saturated heterocycles. The minimum Gasteiger partial charge on any atom is -0.497 e. The van der Waals surface area contributed by atoms with Gasteiger partial charge in [0.15, 0.2) is 5.13 Å². The lowest BCUT2D eigenvalue weighted by Crippen LogP contribution is -2.43. The lowest BCUT2D eigenvalue weighted by atomic mass is 10.1. The number of thiazole rings is 1. The van der Waals surface area contributed by atoms with E-state index in [1.807, 2.05) is 41.3 Å². The van der Waals surface area contributed by atoms with Crippen LogP contribution >= 0.6 is 11.3 Å². The predicted octanol–water partition coefficient (Wildman–Crippen LogP) is 3.60. The van der Waals surface area contributed by atoms with Gasteiger partial charge in [-0.2, -0.15) is 0 Å². The number of carbonyl (C=O) groups is 1. The van der Waals surface area contributed by atoms with Crippen molar-refractivity contribution in [1.29, 1.82) is 0 Å². The molecule has 3 aromatic rings. The van der Waals surface area contributed by atoms with Crippen LogP contribution in [0.2, 0.25) is 0 Å². The topological polar surface area (TPSA) is 54.9 Å². The normalized spacial score (nSPS) is 14.7. The Balaban J connectivity index is 1.51. The van der Waals surface area contributed by atoms with Crippen LogP contribution in [-0.2, 0) is 16.0 Å². The van der Waals surface area contributed by atoms with E-state index < -0.39 is 0 Å². The zero-order valence-corrected chi connectivity index (χ0v) is 18.1. The number of aryl methyl sites for hydroxylation is 1. The molecule has 0 saturated carbocycles. The van der Waals surface area contributed by atoms with Crippen molar-refractivity contribution in [2.75, 3.05) is 51.4 Å². The Bertz CT molecular complexity index is 970. The van der Waals surface area contributed by atoms with Crippen LogP contribution in [0.25, 0.3) is 10.2 Å². The van der Waals surface area contributed by atoms with Crippen LogP contribution in [-0.4, -0.2) is 62.3 Å². The maximum Gasteiger partial charge on any atom is 0.229 e. The monoisotopic (exact) mass is 425 g/mol. The van der Waals surface area contributed by atoms with Crippen molar-refractivity contribution in [3.63, 3.8) is 0 Å². The second-order valence-electron chi connectivity index (χ2n) is 7.32. The first kappa shape index (κ1) is 20.8. The SMILES string of the molecule is COc1ccc2nc(N(CCN3CCOCC3)C(=O)CCc3ccccc3)sc2c1. The lowest BCUT2D eigenvalue weighted by Gasteiger charge is -2.29. The molecule has 6 nitrogen and oxygen atoms in total. The number of benzene rings is 2. The van der Waals surface area contributed by atoms with E-state index in [4.69, 9.17) is 14.5 Å². The van der Waals surface area contributed by atoms with Crippen LogP contribution in [0.4, 0.5) is 5.13 Å². The molecule has 2 aromatic carbocycles. The maximum absolute atomic E-state index is 13.2. The third-order valence-corrected chi connectivity index (χ3v) is 6.37. The third kappa shape index (κ3) is 5.16. The summed E-state index contributed by atoms with van der Waals surface area (Å²) >= 11 is 1.54. The molecular formula is C23H27N3O3S. The molecule has 1 fully saturated rings. The van der Waals surface area contributed by atoms with Gasteiger partial charge in [0, 0.05) is 32.6 Å². The molecular weight excluding hydrogens is 398 g/mol. The van der Waals surface area contributed by atoms with Crippen LogP contribution in [0.1, 0.15) is 12.0 Å². The van der Waals surface area contributed by atoms with Gasteiger partial charge in [-0.3, -0.25) is 14.6 Å². The van der Waals surface area contributed by atoms with E-state index in [-0.39, 0.29) is 5.91 Å². The summed E-state index contributed by atoms with van der Waals surface area (Å²) in [5.74, 6) is 0.908. The highest BCUT2D eigenvalue weighted by molar-refractivity contribution is 7.22. The average molecular weight is 426 g/mol. The number of amides is 1. The molecule has 0 aliphatic carbocycles. The van der Waals surface area contributed by atoms with Gasteiger partial charge in [-0.1, -0.05) is 41.7 Å². The quantitative estimate of drug-likeness (QED) is 0.552. The Kier molecular flexibility index (Phi) is 6.94. The summed E-state index contributed by atoms with van der Waals surface area (Å²) in [4.78, 5) is 22.2. The summed E-state index contributed by atoms with van der Waals surface area (Å²) in [7, 11) is 1.66. The highest BCUT2D eigenvalue weighted by atomic mass is 32.1. The van der Waals surface area contributed by atoms with Gasteiger partial charge in [0.25, 0.3) is 0 Å². The summed E-state index contributed by atoms with van der Waals surface area (Å²) in [6.07, 6.45) is 1.19. The average Bonchev–Trinajstić information content (AvgIpc) is 3.22. The lowest BCUT2D eigenvalue weighted by molar-refractivity contribution is -0.118. The Morgan fingerprint density at radius 3 is 2.77 bits per heavy atom. The van der Waals surface area contributed by atoms with E-state index in [1.165, 1.54) is 5.56 Å². The molecule has 158 valence electrons. The fourth-order valence-electron chi connectivity index (χ4n) is 3.56. The maximum atomic E-state index is 13.2. The summed E-state index contributed by atoms with van der Waals surface area (Å²) in [6, 6.07) is 16.0. The van der Waals surface area contributed by atoms with Gasteiger partial charge in [0.05, 0.1) is 30.5 Å². The van der Waals surface area contributed by atoms with Crippen LogP contribution in [0, 0.1) is 0 Å². The van der Waals surface area contributed by atoms with Crippen LogP contribution in [0.15, 0.2) is 48.5 Å². The number of morpholine rings is 1. The number of hydrogen-bond donors (Lipinski definition) is 0. The molecule has 7 heteroatoms. The molecule has 2 heterocycles. The fraction of sp³-hybridized carbons (Fsp3) is 0.391. The van der Waals surface area contributed by atoms with Crippen molar-refractivity contribution < 1.29 is 14.3 Å². The van der Waals surface area contributed by atoms with Crippen molar-refractivity contribution in [2.45, 2.75) is 12.8 Å². The van der Waals surface area contributed by atoms with Gasteiger partial charge in [-0.05, 0) is 30.2 Å². The van der Waals surface area contributed by atoms with Crippen LogP contribution in [0.5, 0.6) is 5.75 Å². The van der Waals surface area contributed by atoms with Crippen molar-refractivity contribution in [1.82, 2.24) is 9.88 Å². The highest BCUT2D eigenvalue weighted by Gasteiger charge is 2.21. The molecule has 1 aromatic heterocycles. The zero-order valence-electron chi connectivity index (χ0n) is 17.3. The first-order valence-electron chi connectivity index (χ1n) is 10.3. The Hall–Kier alpha value is -2.48. The number of carbonyl (C=O) groups excluding carboxylic acids is 1. The standard InChI is InChI=1S/C23H27N3O3S/c1-28-19-8-9-20-21(17-19)30-23(24-20)26(12-11-25-13-15-29-16-14-25)22(27)10-7-18-5-3-2-4-6-18/h2-6,8-9,17H,7,10-16H2,1H3. The Morgan fingerprint density at radius 2 is 2.00 bits per heavy atom. The molecule has 0 atom stereocenters. The Labute approximate surface area is 181 Å². The second-order valence-corrected chi connectivity index (χ2v) is 8.32. The minimum atomic E-state index is 0.109. The molecule has 1 amide bonds. The first-order valence-corrected chi connectivity index (χ1v) is 11.1. The number of fused-ring (bicyclic) bond motifs is 1. The van der Waals surface area contributed by atoms with Gasteiger partial charge >= 0.3 is 0 Å². The number of rotatable bonds is 8. The molecule has 0 N–H and O–H groups in total. The fourth-order valence-corrected chi connectivity index (χ4v) is 4.60. The molecule has 0 bridgehead atoms. The number of ether oxygens (including phenoxy) is 2. The van der Waals surface area contributed by atoms with Crippen molar-refractivity contribution in [3.05, 3.63) is 54.1 Å². The summed E-state index contributed by atoms with van der Waals surface area (Å²) in [5, 5.41) is 0.754. The van der Waals surface area contributed by atoms with Crippen LogP contribution < -0.4 is 9.64 Å². The second kappa shape index (κ2) is 10.0. The number of nitrogens with zero attached hydrogens (tertiary/aromatic N) is 3. The third-order valence-electron chi connectivity index (χ3n) is 5.33. The van der Waals surface area contributed by atoms with Gasteiger partial charge < -0.3 is 9.47 Å². The first-order chi connectivity index (χ1) is 14.7. The van der Waals surface area contributed by atoms with E-state index in [1.54, 1.807) is 18.4 Å². The Morgan fingerprint density at radius 1 is 1.20 bits per heavy atom. The molecule has 1 aliphatic rings. The smallest absolute Gasteiger partial charge is 0.229 e. The van der Waals surface area contributed by atoms with Crippen LogP contribution in [0.3, 0.4) is 0 Å². The predicted molar refractivity (Wildman–Crippen MR) is 121 cm³/mol. The molecule has 1 aliphatic heterocycles. The number of methoxy groups -OCH3 is 1. The largest absolute Gasteiger partial charge is 0.497 e. The number of aromatic nitrogens is 1. The van der Waals surface area contributed by atoms with Gasteiger partial charge in [0.1, 0.15) is 5.75 Å². The number of hydrogen-bond acceptors (Lipinski definition) is 6. The minimum absolute atomic E-state index is 0.109. The van der Waals surface area contributed by atoms with E-state index in [9.17, 15) is 4.79 Å². The van der Waals surface area contributed by atoms with Gasteiger partial charge in [-0.15, -0.1) is 0 Å². The van der Waals surface area contributed by atoms with E-state index in [0.29, 0.717) is 13.0 Å². The molecule has 0 radical (unpaired) electrons. The zero-order chi connectivity index (χ0) is 20.8. The van der Waals surface area contributed by atoms with Crippen molar-refractivity contribution in [3.8, 4) is 5.75 Å². The molecule has 0 unspecified atom stereocenters. The molecule has 4 rings (SSSR count). The van der Waals surface area contributed by atoms with Gasteiger partial charge in [0.2, 0.25) is 5.91 Å². The highest BCUT2D eigenvalue weighted by Crippen LogP contribution is 2.32. The number of anilines is 1. The molecule has 0 spiro atoms. The van der Waals surface area contributed by atoms with E-state index >= 15 is 0 Å².